The third-order valence-corrected chi connectivity index (χ3v) is 7.34. The molecular formula is C21H27N5O. The molecule has 0 aromatic carbocycles. The van der Waals surface area contributed by atoms with E-state index in [1.807, 2.05) is 18.3 Å². The van der Waals surface area contributed by atoms with Crippen LogP contribution in [0.2, 0.25) is 0 Å². The topological polar surface area (TPSA) is 53.7 Å². The Morgan fingerprint density at radius 2 is 1.89 bits per heavy atom. The van der Waals surface area contributed by atoms with Gasteiger partial charge in [-0.2, -0.15) is 5.10 Å². The fraction of sp³-hybridized carbons (Fsp3) is 0.667. The minimum absolute atomic E-state index is 0.0817. The first-order valence-corrected chi connectivity index (χ1v) is 10.6. The minimum atomic E-state index is 0.0817. The molecule has 4 atom stereocenters. The van der Waals surface area contributed by atoms with Gasteiger partial charge in [0.15, 0.2) is 11.3 Å². The van der Waals surface area contributed by atoms with Crippen molar-refractivity contribution >= 4 is 11.6 Å². The fourth-order valence-corrected chi connectivity index (χ4v) is 6.10. The molecule has 142 valence electrons. The quantitative estimate of drug-likeness (QED) is 0.820. The van der Waals surface area contributed by atoms with Crippen molar-refractivity contribution in [3.05, 3.63) is 30.2 Å². The van der Waals surface area contributed by atoms with E-state index in [0.29, 0.717) is 23.6 Å². The minimum Gasteiger partial charge on any atom is -0.337 e. The van der Waals surface area contributed by atoms with Crippen molar-refractivity contribution in [3.63, 3.8) is 0 Å². The molecule has 1 amide bonds. The number of hydrogen-bond donors (Lipinski definition) is 0. The lowest BCUT2D eigenvalue weighted by atomic mass is 9.74. The van der Waals surface area contributed by atoms with Gasteiger partial charge < -0.3 is 4.90 Å². The Kier molecular flexibility index (Phi) is 3.58. The normalized spacial score (nSPS) is 33.9. The first-order chi connectivity index (χ1) is 13.3. The lowest BCUT2D eigenvalue weighted by Crippen LogP contribution is -2.62. The van der Waals surface area contributed by atoms with Crippen LogP contribution in [0.3, 0.4) is 0 Å². The van der Waals surface area contributed by atoms with Gasteiger partial charge in [-0.05, 0) is 55.9 Å². The average Bonchev–Trinajstić information content (AvgIpc) is 3.44. The van der Waals surface area contributed by atoms with E-state index in [1.165, 1.54) is 45.1 Å². The highest BCUT2D eigenvalue weighted by Gasteiger charge is 2.48. The zero-order chi connectivity index (χ0) is 18.0. The highest BCUT2D eigenvalue weighted by Crippen LogP contribution is 2.46. The van der Waals surface area contributed by atoms with Crippen molar-refractivity contribution < 1.29 is 4.79 Å². The summed E-state index contributed by atoms with van der Waals surface area (Å²) in [4.78, 5) is 22.4. The molecule has 2 aromatic rings. The number of fused-ring (bicyclic) bond motifs is 5. The molecule has 2 bridgehead atoms. The van der Waals surface area contributed by atoms with Crippen LogP contribution >= 0.6 is 0 Å². The Hall–Kier alpha value is -1.95. The van der Waals surface area contributed by atoms with E-state index in [9.17, 15) is 4.79 Å². The number of amides is 1. The molecule has 0 unspecified atom stereocenters. The van der Waals surface area contributed by atoms with Crippen LogP contribution in [0, 0.1) is 17.8 Å². The fourth-order valence-electron chi connectivity index (χ4n) is 6.10. The molecule has 0 spiro atoms. The monoisotopic (exact) mass is 365 g/mol. The van der Waals surface area contributed by atoms with Crippen molar-refractivity contribution in [3.8, 4) is 0 Å². The Bertz CT molecular complexity index is 841. The molecule has 6 rings (SSSR count). The van der Waals surface area contributed by atoms with Crippen molar-refractivity contribution in [1.29, 1.82) is 0 Å². The van der Waals surface area contributed by atoms with Gasteiger partial charge in [-0.1, -0.05) is 6.42 Å². The molecule has 4 aliphatic rings. The number of carbonyl (C=O) groups excluding carboxylic acids is 1. The Balaban J connectivity index is 1.23. The number of piperidine rings is 3. The zero-order valence-corrected chi connectivity index (χ0v) is 15.7. The van der Waals surface area contributed by atoms with Crippen LogP contribution in [0.1, 0.15) is 49.0 Å². The molecule has 27 heavy (non-hydrogen) atoms. The van der Waals surface area contributed by atoms with Gasteiger partial charge in [0.2, 0.25) is 0 Å². The van der Waals surface area contributed by atoms with Crippen molar-refractivity contribution in [2.24, 2.45) is 17.8 Å². The molecule has 0 N–H and O–H groups in total. The van der Waals surface area contributed by atoms with Crippen LogP contribution in [0.25, 0.3) is 5.65 Å². The number of likely N-dealkylation sites (tertiary alicyclic amines) is 1. The van der Waals surface area contributed by atoms with E-state index < -0.39 is 0 Å². The predicted octanol–water partition coefficient (Wildman–Crippen LogP) is 2.45. The first kappa shape index (κ1) is 16.0. The molecule has 1 saturated carbocycles. The molecule has 5 heterocycles. The summed E-state index contributed by atoms with van der Waals surface area (Å²) in [5.41, 5.74) is 1.27. The van der Waals surface area contributed by atoms with Gasteiger partial charge >= 0.3 is 0 Å². The molecule has 4 fully saturated rings. The van der Waals surface area contributed by atoms with Crippen LogP contribution in [0.5, 0.6) is 0 Å². The van der Waals surface area contributed by atoms with Gasteiger partial charge in [0.25, 0.3) is 5.91 Å². The van der Waals surface area contributed by atoms with E-state index in [1.54, 1.807) is 10.7 Å². The molecular weight excluding hydrogens is 338 g/mol. The van der Waals surface area contributed by atoms with Gasteiger partial charge in [0.1, 0.15) is 0 Å². The molecule has 0 radical (unpaired) electrons. The molecule has 1 aliphatic carbocycles. The Morgan fingerprint density at radius 1 is 1.04 bits per heavy atom. The first-order valence-electron chi connectivity index (χ1n) is 10.6. The van der Waals surface area contributed by atoms with Crippen LogP contribution < -0.4 is 0 Å². The number of nitrogens with zero attached hydrogens (tertiary/aromatic N) is 5. The summed E-state index contributed by atoms with van der Waals surface area (Å²) >= 11 is 0. The number of rotatable bonds is 2. The molecule has 3 aliphatic heterocycles. The summed E-state index contributed by atoms with van der Waals surface area (Å²) in [6.07, 6.45) is 11.9. The van der Waals surface area contributed by atoms with Crippen molar-refractivity contribution in [2.75, 3.05) is 19.6 Å². The Labute approximate surface area is 159 Å². The van der Waals surface area contributed by atoms with Gasteiger partial charge in [0, 0.05) is 50.2 Å². The van der Waals surface area contributed by atoms with Crippen molar-refractivity contribution in [2.45, 2.75) is 50.6 Å². The van der Waals surface area contributed by atoms with Crippen LogP contribution in [-0.2, 0) is 0 Å². The number of hydrogen-bond acceptors (Lipinski definition) is 4. The summed E-state index contributed by atoms with van der Waals surface area (Å²) in [6.45, 7) is 2.98. The second kappa shape index (κ2) is 6.03. The zero-order valence-electron chi connectivity index (χ0n) is 15.7. The van der Waals surface area contributed by atoms with E-state index >= 15 is 0 Å². The van der Waals surface area contributed by atoms with E-state index in [4.69, 9.17) is 0 Å². The van der Waals surface area contributed by atoms with Gasteiger partial charge in [0.05, 0.1) is 0 Å². The van der Waals surface area contributed by atoms with Crippen LogP contribution in [-0.4, -0.2) is 62.0 Å². The summed E-state index contributed by atoms with van der Waals surface area (Å²) in [7, 11) is 0. The average molecular weight is 365 g/mol. The SMILES string of the molecule is O=C(c1cc2ncccn2n1)N1C[C@@H]2C[C@H](C1)[C@@H]1CCC[C@H](C3CC3)N1C2. The smallest absolute Gasteiger partial charge is 0.274 e. The maximum atomic E-state index is 13.2. The van der Waals surface area contributed by atoms with Gasteiger partial charge in [-0.15, -0.1) is 0 Å². The van der Waals surface area contributed by atoms with E-state index in [2.05, 4.69) is 19.9 Å². The number of aromatic nitrogens is 3. The molecule has 3 saturated heterocycles. The summed E-state index contributed by atoms with van der Waals surface area (Å²) in [6, 6.07) is 5.19. The highest BCUT2D eigenvalue weighted by atomic mass is 16.2. The molecule has 6 heteroatoms. The maximum absolute atomic E-state index is 13.2. The summed E-state index contributed by atoms with van der Waals surface area (Å²) in [5.74, 6) is 2.31. The standard InChI is InChI=1S/C21H27N5O/c27-21(17-10-20-22-7-2-8-26(20)23-17)24-11-14-9-16(13-24)19-4-1-3-18(15-5-6-15)25(19)12-14/h2,7-8,10,14-16,18-19H,1,3-6,9,11-13H2/t14-,16+,18+,19-/m0/s1. The van der Waals surface area contributed by atoms with E-state index in [-0.39, 0.29) is 5.91 Å². The third-order valence-electron chi connectivity index (χ3n) is 7.34. The summed E-state index contributed by atoms with van der Waals surface area (Å²) in [5, 5.41) is 4.46. The predicted molar refractivity (Wildman–Crippen MR) is 101 cm³/mol. The van der Waals surface area contributed by atoms with Crippen LogP contribution in [0.15, 0.2) is 24.5 Å². The molecule has 6 nitrogen and oxygen atoms in total. The van der Waals surface area contributed by atoms with Crippen LogP contribution in [0.4, 0.5) is 0 Å². The lowest BCUT2D eigenvalue weighted by Gasteiger charge is -2.55. The van der Waals surface area contributed by atoms with Gasteiger partial charge in [-0.3, -0.25) is 9.69 Å². The Morgan fingerprint density at radius 3 is 2.70 bits per heavy atom. The highest BCUT2D eigenvalue weighted by molar-refractivity contribution is 5.93. The second-order valence-electron chi connectivity index (χ2n) is 9.12. The summed E-state index contributed by atoms with van der Waals surface area (Å²) < 4.78 is 1.70. The lowest BCUT2D eigenvalue weighted by molar-refractivity contribution is -0.0551. The third kappa shape index (κ3) is 2.68. The largest absolute Gasteiger partial charge is 0.337 e. The van der Waals surface area contributed by atoms with E-state index in [0.717, 1.165) is 30.7 Å². The number of carbonyl (C=O) groups is 1. The van der Waals surface area contributed by atoms with Gasteiger partial charge in [-0.25, -0.2) is 9.50 Å². The molecule has 2 aromatic heterocycles. The van der Waals surface area contributed by atoms with Crippen molar-refractivity contribution in [1.82, 2.24) is 24.4 Å². The maximum Gasteiger partial charge on any atom is 0.274 e. The second-order valence-corrected chi connectivity index (χ2v) is 9.12.